The minimum Gasteiger partial charge on any atom is -1.00 e. The summed E-state index contributed by atoms with van der Waals surface area (Å²) in [5.41, 5.74) is 10.3. The highest BCUT2D eigenvalue weighted by Crippen LogP contribution is 2.44. The van der Waals surface area contributed by atoms with Crippen LogP contribution in [0.15, 0.2) is 54.6 Å². The summed E-state index contributed by atoms with van der Waals surface area (Å²) >= 11 is 6.32. The van der Waals surface area contributed by atoms with Gasteiger partial charge in [0.05, 0.1) is 25.6 Å². The number of hydrogen-bond donors (Lipinski definition) is 1. The highest BCUT2D eigenvalue weighted by molar-refractivity contribution is 6.19. The minimum atomic E-state index is -0.370. The molecule has 212 valence electrons. The van der Waals surface area contributed by atoms with E-state index in [1.807, 2.05) is 41.3 Å². The molecule has 1 atom stereocenters. The van der Waals surface area contributed by atoms with Crippen LogP contribution in [0.3, 0.4) is 0 Å². The van der Waals surface area contributed by atoms with Crippen LogP contribution < -0.4 is 23.0 Å². The maximum absolute atomic E-state index is 13.2. The van der Waals surface area contributed by atoms with Crippen LogP contribution in [-0.2, 0) is 11.3 Å². The topological polar surface area (TPSA) is 89.5 Å². The van der Waals surface area contributed by atoms with E-state index in [2.05, 4.69) is 20.2 Å². The van der Waals surface area contributed by atoms with Crippen LogP contribution in [-0.4, -0.2) is 48.4 Å². The second-order valence-electron chi connectivity index (χ2n) is 10.7. The van der Waals surface area contributed by atoms with Crippen LogP contribution in [0.5, 0.6) is 0 Å². The normalized spacial score (nSPS) is 14.4. The average molecular weight is 596 g/mol. The molecular formula is C29H37Cl3N4O3. The number of non-ortho nitro benzene ring substituents is 1. The van der Waals surface area contributed by atoms with Gasteiger partial charge in [-0.15, -0.1) is 24.0 Å². The standard InChI is InChI=1S/C29H36ClN4O3.2ClH/c1-34(2,20-21-12-14-23(15-13-21)33(36)37)16-8-4-3-5-11-28(35)32-19-22(18-30)29-25-10-7-6-9-24(25)26(31)17-27(29)32;;/h6-7,9-10,12-15,17,22H,3-5,8,11,16,18-20,31H2,1-2H3;2*1H/q+1;;/p-1. The number of unbranched alkanes of at least 4 members (excludes halogenated alkanes) is 3. The summed E-state index contributed by atoms with van der Waals surface area (Å²) in [5, 5.41) is 13.0. The third-order valence-corrected chi connectivity index (χ3v) is 7.72. The number of rotatable bonds is 11. The molecule has 3 aromatic carbocycles. The summed E-state index contributed by atoms with van der Waals surface area (Å²) in [7, 11) is 4.36. The Balaban J connectivity index is 0.00000267. The molecule has 0 aromatic heterocycles. The lowest BCUT2D eigenvalue weighted by Gasteiger charge is -2.30. The first-order chi connectivity index (χ1) is 17.7. The molecular weight excluding hydrogens is 559 g/mol. The summed E-state index contributed by atoms with van der Waals surface area (Å²) in [6, 6.07) is 16.8. The Morgan fingerprint density at radius 3 is 2.36 bits per heavy atom. The number of amides is 1. The Bertz CT molecular complexity index is 1280. The van der Waals surface area contributed by atoms with Crippen LogP contribution in [0.25, 0.3) is 10.8 Å². The second kappa shape index (κ2) is 14.2. The molecule has 7 nitrogen and oxygen atoms in total. The number of nitro benzene ring substituents is 1. The quantitative estimate of drug-likeness (QED) is 0.0915. The van der Waals surface area contributed by atoms with Gasteiger partial charge >= 0.3 is 0 Å². The van der Waals surface area contributed by atoms with Crippen LogP contribution in [0.4, 0.5) is 17.1 Å². The van der Waals surface area contributed by atoms with E-state index in [-0.39, 0.29) is 47.2 Å². The van der Waals surface area contributed by atoms with E-state index in [0.717, 1.165) is 70.8 Å². The molecule has 10 heteroatoms. The molecule has 1 amide bonds. The average Bonchev–Trinajstić information content (AvgIpc) is 3.25. The maximum atomic E-state index is 13.2. The predicted molar refractivity (Wildman–Crippen MR) is 158 cm³/mol. The Labute approximate surface area is 247 Å². The maximum Gasteiger partial charge on any atom is 0.269 e. The summed E-state index contributed by atoms with van der Waals surface area (Å²) in [6.45, 7) is 2.44. The van der Waals surface area contributed by atoms with Crippen molar-refractivity contribution in [3.8, 4) is 0 Å². The molecule has 0 spiro atoms. The molecule has 2 N–H and O–H groups in total. The SMILES string of the molecule is C[N+](C)(CCCCCCC(=O)N1CC(CCl)c2c1cc(N)c1ccccc21)Cc1ccc([N+](=O)[O-])cc1.Cl.[Cl-]. The first-order valence-electron chi connectivity index (χ1n) is 12.9. The molecule has 1 aliphatic heterocycles. The van der Waals surface area contributed by atoms with E-state index < -0.39 is 0 Å². The van der Waals surface area contributed by atoms with Crippen LogP contribution in [0.2, 0.25) is 0 Å². The number of nitrogens with two attached hydrogens (primary N) is 1. The highest BCUT2D eigenvalue weighted by Gasteiger charge is 2.33. The lowest BCUT2D eigenvalue weighted by Crippen LogP contribution is -3.00. The molecule has 0 fully saturated rings. The molecule has 1 aliphatic rings. The molecule has 1 unspecified atom stereocenters. The smallest absolute Gasteiger partial charge is 0.269 e. The van der Waals surface area contributed by atoms with Crippen molar-refractivity contribution in [1.29, 1.82) is 0 Å². The van der Waals surface area contributed by atoms with E-state index in [1.54, 1.807) is 12.1 Å². The summed E-state index contributed by atoms with van der Waals surface area (Å²) in [5.74, 6) is 0.721. The summed E-state index contributed by atoms with van der Waals surface area (Å²) in [6.07, 6.45) is 4.51. The van der Waals surface area contributed by atoms with Crippen molar-refractivity contribution >= 4 is 57.7 Å². The molecule has 0 radical (unpaired) electrons. The number of carbonyl (C=O) groups is 1. The number of anilines is 2. The van der Waals surface area contributed by atoms with Gasteiger partial charge in [-0.2, -0.15) is 0 Å². The van der Waals surface area contributed by atoms with Gasteiger partial charge in [-0.05, 0) is 48.4 Å². The van der Waals surface area contributed by atoms with Crippen molar-refractivity contribution < 1.29 is 26.6 Å². The van der Waals surface area contributed by atoms with Crippen molar-refractivity contribution in [1.82, 2.24) is 0 Å². The predicted octanol–water partition coefficient (Wildman–Crippen LogP) is 3.65. The first-order valence-corrected chi connectivity index (χ1v) is 13.5. The molecule has 1 heterocycles. The van der Waals surface area contributed by atoms with Crippen molar-refractivity contribution in [3.05, 3.63) is 75.8 Å². The number of nitrogen functional groups attached to an aromatic ring is 1. The van der Waals surface area contributed by atoms with Gasteiger partial charge in [0.25, 0.3) is 5.69 Å². The fourth-order valence-electron chi connectivity index (χ4n) is 5.44. The molecule has 0 bridgehead atoms. The Hall–Kier alpha value is -2.58. The van der Waals surface area contributed by atoms with Gasteiger partial charge in [0.2, 0.25) is 5.91 Å². The van der Waals surface area contributed by atoms with Crippen LogP contribution in [0, 0.1) is 10.1 Å². The zero-order valence-electron chi connectivity index (χ0n) is 22.4. The van der Waals surface area contributed by atoms with Gasteiger partial charge in [0.1, 0.15) is 6.54 Å². The molecule has 0 saturated carbocycles. The van der Waals surface area contributed by atoms with Gasteiger partial charge < -0.3 is 27.5 Å². The Morgan fingerprint density at radius 1 is 1.08 bits per heavy atom. The molecule has 3 aromatic rings. The van der Waals surface area contributed by atoms with E-state index in [1.165, 1.54) is 0 Å². The van der Waals surface area contributed by atoms with Crippen molar-refractivity contribution in [2.45, 2.75) is 44.6 Å². The van der Waals surface area contributed by atoms with Gasteiger partial charge in [0, 0.05) is 59.2 Å². The lowest BCUT2D eigenvalue weighted by atomic mass is 9.95. The number of quaternary nitrogens is 1. The zero-order chi connectivity index (χ0) is 26.6. The lowest BCUT2D eigenvalue weighted by molar-refractivity contribution is -0.903. The van der Waals surface area contributed by atoms with Crippen molar-refractivity contribution in [2.75, 3.05) is 43.7 Å². The van der Waals surface area contributed by atoms with Crippen molar-refractivity contribution in [3.63, 3.8) is 0 Å². The summed E-state index contributed by atoms with van der Waals surface area (Å²) < 4.78 is 0.816. The van der Waals surface area contributed by atoms with E-state index >= 15 is 0 Å². The van der Waals surface area contributed by atoms with Gasteiger partial charge in [0.15, 0.2) is 0 Å². The number of halogens is 3. The van der Waals surface area contributed by atoms with Gasteiger partial charge in [-0.1, -0.05) is 30.7 Å². The number of benzene rings is 3. The van der Waals surface area contributed by atoms with Gasteiger partial charge in [-0.25, -0.2) is 0 Å². The molecule has 0 aliphatic carbocycles. The van der Waals surface area contributed by atoms with Crippen molar-refractivity contribution in [2.24, 2.45) is 0 Å². The first kappa shape index (κ1) is 32.6. The monoisotopic (exact) mass is 594 g/mol. The van der Waals surface area contributed by atoms with E-state index in [4.69, 9.17) is 17.3 Å². The minimum absolute atomic E-state index is 0. The fourth-order valence-corrected chi connectivity index (χ4v) is 5.69. The van der Waals surface area contributed by atoms with E-state index in [9.17, 15) is 14.9 Å². The summed E-state index contributed by atoms with van der Waals surface area (Å²) in [4.78, 5) is 25.5. The Morgan fingerprint density at radius 2 is 1.72 bits per heavy atom. The largest absolute Gasteiger partial charge is 1.00 e. The Kier molecular flexibility index (Phi) is 11.9. The third kappa shape index (κ3) is 7.76. The number of nitro groups is 1. The number of hydrogen-bond acceptors (Lipinski definition) is 4. The number of nitrogens with zero attached hydrogens (tertiary/aromatic N) is 3. The molecule has 39 heavy (non-hydrogen) atoms. The second-order valence-corrected chi connectivity index (χ2v) is 11.0. The molecule has 4 rings (SSSR count). The van der Waals surface area contributed by atoms with Crippen LogP contribution >= 0.6 is 24.0 Å². The third-order valence-electron chi connectivity index (χ3n) is 7.35. The number of fused-ring (bicyclic) bond motifs is 3. The fraction of sp³-hybridized carbons (Fsp3) is 0.414. The van der Waals surface area contributed by atoms with Crippen LogP contribution in [0.1, 0.15) is 49.1 Å². The zero-order valence-corrected chi connectivity index (χ0v) is 24.8. The number of alkyl halides is 1. The number of carbonyl (C=O) groups excluding carboxylic acids is 1. The van der Waals surface area contributed by atoms with Gasteiger partial charge in [-0.3, -0.25) is 14.9 Å². The highest BCUT2D eigenvalue weighted by atomic mass is 35.5. The molecule has 0 saturated heterocycles. The van der Waals surface area contributed by atoms with E-state index in [0.29, 0.717) is 24.5 Å².